The molecule has 1 heterocycles. The summed E-state index contributed by atoms with van der Waals surface area (Å²) in [6, 6.07) is 5.64. The Bertz CT molecular complexity index is 584. The first-order valence-electron chi connectivity index (χ1n) is 6.17. The topological polar surface area (TPSA) is 56.5 Å². The van der Waals surface area contributed by atoms with Gasteiger partial charge in [-0.3, -0.25) is 0 Å². The average Bonchev–Trinajstić information content (AvgIpc) is 2.83. The third-order valence-corrected chi connectivity index (χ3v) is 3.08. The Morgan fingerprint density at radius 2 is 2.00 bits per heavy atom. The van der Waals surface area contributed by atoms with E-state index in [1.165, 1.54) is 0 Å². The Hall–Kier alpha value is -1.72. The Balaban J connectivity index is 2.01. The number of methoxy groups -OCH3 is 2. The van der Waals surface area contributed by atoms with Crippen molar-refractivity contribution >= 4 is 11.6 Å². The maximum Gasteiger partial charge on any atom is 0.179 e. The molecular formula is C14H17ClN2O3. The number of halogens is 1. The molecule has 0 bridgehead atoms. The second-order valence-corrected chi connectivity index (χ2v) is 4.76. The highest BCUT2D eigenvalue weighted by atomic mass is 35.5. The number of benzene rings is 1. The average molecular weight is 297 g/mol. The van der Waals surface area contributed by atoms with Crippen molar-refractivity contribution in [3.05, 3.63) is 40.2 Å². The molecule has 2 aromatic rings. The van der Waals surface area contributed by atoms with Gasteiger partial charge in [0.1, 0.15) is 0 Å². The molecule has 0 saturated heterocycles. The fraction of sp³-hybridized carbons (Fsp3) is 0.357. The molecule has 0 aliphatic heterocycles. The quantitative estimate of drug-likeness (QED) is 0.888. The van der Waals surface area contributed by atoms with Gasteiger partial charge in [0.2, 0.25) is 0 Å². The van der Waals surface area contributed by atoms with Crippen LogP contribution in [0.4, 0.5) is 0 Å². The summed E-state index contributed by atoms with van der Waals surface area (Å²) in [4.78, 5) is 0. The van der Waals surface area contributed by atoms with Gasteiger partial charge in [-0.05, 0) is 24.6 Å². The minimum atomic E-state index is 0.527. The largest absolute Gasteiger partial charge is 0.493 e. The zero-order valence-corrected chi connectivity index (χ0v) is 12.5. The van der Waals surface area contributed by atoms with Gasteiger partial charge in [-0.25, -0.2) is 0 Å². The summed E-state index contributed by atoms with van der Waals surface area (Å²) in [5.41, 5.74) is 1.87. The molecule has 0 amide bonds. The molecule has 0 unspecified atom stereocenters. The van der Waals surface area contributed by atoms with E-state index in [9.17, 15) is 0 Å². The molecule has 5 nitrogen and oxygen atoms in total. The predicted octanol–water partition coefficient (Wildman–Crippen LogP) is 2.94. The number of hydrogen-bond donors (Lipinski definition) is 1. The Kier molecular flexibility index (Phi) is 4.87. The van der Waals surface area contributed by atoms with Crippen LogP contribution in [-0.4, -0.2) is 19.4 Å². The van der Waals surface area contributed by atoms with Gasteiger partial charge in [0.25, 0.3) is 0 Å². The van der Waals surface area contributed by atoms with Crippen molar-refractivity contribution in [2.75, 3.05) is 14.2 Å². The van der Waals surface area contributed by atoms with Crippen LogP contribution in [0.1, 0.15) is 17.0 Å². The number of aromatic nitrogens is 1. The van der Waals surface area contributed by atoms with E-state index >= 15 is 0 Å². The van der Waals surface area contributed by atoms with Crippen LogP contribution in [0.25, 0.3) is 0 Å². The number of hydrogen-bond acceptors (Lipinski definition) is 5. The van der Waals surface area contributed by atoms with Crippen molar-refractivity contribution in [3.63, 3.8) is 0 Å². The van der Waals surface area contributed by atoms with Crippen LogP contribution < -0.4 is 14.8 Å². The summed E-state index contributed by atoms with van der Waals surface area (Å²) in [7, 11) is 3.15. The molecule has 6 heteroatoms. The monoisotopic (exact) mass is 296 g/mol. The third-order valence-electron chi connectivity index (χ3n) is 2.80. The highest BCUT2D eigenvalue weighted by Crippen LogP contribution is 2.35. The minimum absolute atomic E-state index is 0.527. The second kappa shape index (κ2) is 6.63. The number of ether oxygens (including phenoxy) is 2. The third kappa shape index (κ3) is 3.43. The number of nitrogens with zero attached hydrogens (tertiary/aromatic N) is 1. The molecule has 0 radical (unpaired) electrons. The van der Waals surface area contributed by atoms with Crippen LogP contribution in [0.2, 0.25) is 5.02 Å². The van der Waals surface area contributed by atoms with E-state index in [2.05, 4.69) is 10.5 Å². The molecule has 1 aromatic heterocycles. The first-order valence-corrected chi connectivity index (χ1v) is 6.55. The van der Waals surface area contributed by atoms with Crippen LogP contribution >= 0.6 is 11.6 Å². The predicted molar refractivity (Wildman–Crippen MR) is 76.3 cm³/mol. The fourth-order valence-corrected chi connectivity index (χ4v) is 2.21. The summed E-state index contributed by atoms with van der Waals surface area (Å²) in [6.45, 7) is 3.13. The maximum absolute atomic E-state index is 6.15. The van der Waals surface area contributed by atoms with Crippen LogP contribution in [0.5, 0.6) is 11.5 Å². The normalized spacial score (nSPS) is 10.6. The van der Waals surface area contributed by atoms with E-state index in [0.717, 1.165) is 17.0 Å². The van der Waals surface area contributed by atoms with Gasteiger partial charge in [-0.2, -0.15) is 0 Å². The molecule has 1 aromatic carbocycles. The Labute approximate surface area is 122 Å². The van der Waals surface area contributed by atoms with Gasteiger partial charge in [-0.1, -0.05) is 16.8 Å². The van der Waals surface area contributed by atoms with E-state index in [1.54, 1.807) is 14.2 Å². The first-order chi connectivity index (χ1) is 9.63. The molecule has 0 aliphatic rings. The maximum atomic E-state index is 6.15. The van der Waals surface area contributed by atoms with E-state index < -0.39 is 0 Å². The molecular weight excluding hydrogens is 280 g/mol. The molecule has 20 heavy (non-hydrogen) atoms. The summed E-state index contributed by atoms with van der Waals surface area (Å²) >= 11 is 6.15. The standard InChI is InChI=1S/C14H17ClN2O3/c1-9-4-11(20-17-9)8-16-7-10-5-12(15)14(19-3)13(6-10)18-2/h4-6,16H,7-8H2,1-3H3. The van der Waals surface area contributed by atoms with Gasteiger partial charge in [0.05, 0.1) is 31.5 Å². The molecule has 0 aliphatic carbocycles. The zero-order chi connectivity index (χ0) is 14.5. The van der Waals surface area contributed by atoms with Gasteiger partial charge in [-0.15, -0.1) is 0 Å². The van der Waals surface area contributed by atoms with Gasteiger partial charge < -0.3 is 19.3 Å². The summed E-state index contributed by atoms with van der Waals surface area (Å²) < 4.78 is 15.6. The summed E-state index contributed by atoms with van der Waals surface area (Å²) in [5.74, 6) is 1.96. The summed E-state index contributed by atoms with van der Waals surface area (Å²) in [5, 5.41) is 7.62. The highest BCUT2D eigenvalue weighted by molar-refractivity contribution is 6.32. The lowest BCUT2D eigenvalue weighted by atomic mass is 10.2. The molecule has 1 N–H and O–H groups in total. The van der Waals surface area contributed by atoms with Crippen molar-refractivity contribution in [2.45, 2.75) is 20.0 Å². The van der Waals surface area contributed by atoms with E-state index in [4.69, 9.17) is 25.6 Å². The zero-order valence-electron chi connectivity index (χ0n) is 11.7. The lowest BCUT2D eigenvalue weighted by molar-refractivity contribution is 0.354. The van der Waals surface area contributed by atoms with Crippen molar-refractivity contribution < 1.29 is 14.0 Å². The van der Waals surface area contributed by atoms with Gasteiger partial charge in [0.15, 0.2) is 17.3 Å². The Morgan fingerprint density at radius 3 is 2.60 bits per heavy atom. The van der Waals surface area contributed by atoms with Crippen LogP contribution in [-0.2, 0) is 13.1 Å². The molecule has 0 fully saturated rings. The molecule has 0 spiro atoms. The lowest BCUT2D eigenvalue weighted by Gasteiger charge is -2.12. The van der Waals surface area contributed by atoms with E-state index in [1.807, 2.05) is 25.1 Å². The summed E-state index contributed by atoms with van der Waals surface area (Å²) in [6.07, 6.45) is 0. The molecule has 108 valence electrons. The lowest BCUT2D eigenvalue weighted by Crippen LogP contribution is -2.12. The van der Waals surface area contributed by atoms with Crippen LogP contribution in [0.15, 0.2) is 22.7 Å². The second-order valence-electron chi connectivity index (χ2n) is 4.35. The van der Waals surface area contributed by atoms with Gasteiger partial charge in [0, 0.05) is 12.6 Å². The fourth-order valence-electron chi connectivity index (χ4n) is 1.90. The number of rotatable bonds is 6. The van der Waals surface area contributed by atoms with Crippen molar-refractivity contribution in [2.24, 2.45) is 0 Å². The first kappa shape index (κ1) is 14.7. The van der Waals surface area contributed by atoms with Crippen molar-refractivity contribution in [1.82, 2.24) is 10.5 Å². The Morgan fingerprint density at radius 1 is 1.20 bits per heavy atom. The van der Waals surface area contributed by atoms with E-state index in [-0.39, 0.29) is 0 Å². The smallest absolute Gasteiger partial charge is 0.179 e. The molecule has 0 atom stereocenters. The highest BCUT2D eigenvalue weighted by Gasteiger charge is 2.10. The van der Waals surface area contributed by atoms with Crippen LogP contribution in [0, 0.1) is 6.92 Å². The molecule has 2 rings (SSSR count). The molecule has 0 saturated carbocycles. The number of aryl methyl sites for hydroxylation is 1. The van der Waals surface area contributed by atoms with E-state index in [0.29, 0.717) is 29.6 Å². The van der Waals surface area contributed by atoms with Gasteiger partial charge >= 0.3 is 0 Å². The number of nitrogens with one attached hydrogen (secondary N) is 1. The van der Waals surface area contributed by atoms with Crippen molar-refractivity contribution in [3.8, 4) is 11.5 Å². The SMILES string of the molecule is COc1cc(CNCc2cc(C)no2)cc(Cl)c1OC. The van der Waals surface area contributed by atoms with Crippen molar-refractivity contribution in [1.29, 1.82) is 0 Å². The van der Waals surface area contributed by atoms with Crippen LogP contribution in [0.3, 0.4) is 0 Å². The minimum Gasteiger partial charge on any atom is -0.493 e.